The Labute approximate surface area is 579 Å². The number of nitrogens with zero attached hydrogens (tertiary/aromatic N) is 2. The van der Waals surface area contributed by atoms with Crippen LogP contribution in [-0.4, -0.2) is 235 Å². The highest BCUT2D eigenvalue weighted by Crippen LogP contribution is 2.65. The summed E-state index contributed by atoms with van der Waals surface area (Å²) in [6.45, 7) is 14.8. The van der Waals surface area contributed by atoms with Crippen molar-refractivity contribution in [1.29, 1.82) is 10.5 Å². The Balaban J connectivity index is 0.0000000957. The molecule has 0 N–H and O–H groups in total. The van der Waals surface area contributed by atoms with E-state index >= 15 is 0 Å². The van der Waals surface area contributed by atoms with Crippen LogP contribution in [0.3, 0.4) is 0 Å². The smallest absolute Gasteiger partial charge is 0.413 e. The zero-order valence-corrected chi connectivity index (χ0v) is 60.7. The Kier molecular flexibility index (Phi) is 16.5. The second-order valence-electron chi connectivity index (χ2n) is 31.2. The monoisotopic (exact) mass is 1580 g/mol. The molecule has 101 heavy (non-hydrogen) atoms. The van der Waals surface area contributed by atoms with E-state index in [4.69, 9.17) is 59.9 Å². The van der Waals surface area contributed by atoms with Crippen LogP contribution >= 0.6 is 0 Å². The van der Waals surface area contributed by atoms with E-state index in [0.717, 1.165) is 12.3 Å². The Morgan fingerprint density at radius 1 is 0.475 bits per heavy atom. The first kappa shape index (κ1) is 73.7. The fraction of sp³-hybridized carbons (Fsp3) is 0.948. The van der Waals surface area contributed by atoms with Gasteiger partial charge < -0.3 is 33.2 Å². The number of nitriles is 2. The summed E-state index contributed by atoms with van der Waals surface area (Å²) in [5, 5.41) is 15.7. The Bertz CT molecular complexity index is 4450. The summed E-state index contributed by atoms with van der Waals surface area (Å²) in [7, 11) is -24.9. The largest absolute Gasteiger partial charge is 0.468 e. The molecule has 19 heterocycles. The minimum Gasteiger partial charge on any atom is -0.468 e. The van der Waals surface area contributed by atoms with Crippen LogP contribution in [0, 0.1) is 93.7 Å². The summed E-state index contributed by atoms with van der Waals surface area (Å²) in [5.74, 6) is -0.834. The van der Waals surface area contributed by atoms with Crippen LogP contribution in [0.5, 0.6) is 0 Å². The minimum atomic E-state index is -4.85. The highest BCUT2D eigenvalue weighted by molar-refractivity contribution is 7.92. The topological polar surface area (TPSA) is 424 Å². The van der Waals surface area contributed by atoms with Gasteiger partial charge in [-0.3, -0.25) is 29.9 Å². The predicted molar refractivity (Wildman–Crippen MR) is 321 cm³/mol. The molecule has 21 fully saturated rings. The van der Waals surface area contributed by atoms with Gasteiger partial charge in [0.2, 0.25) is 14.2 Å². The molecule has 21 aliphatic rings. The molecule has 14 bridgehead atoms. The molecule has 0 aromatic carbocycles. The van der Waals surface area contributed by atoms with Gasteiger partial charge in [0.1, 0.15) is 94.4 Å². The maximum absolute atomic E-state index is 13.0. The van der Waals surface area contributed by atoms with E-state index in [0.29, 0.717) is 29.9 Å². The average Bonchev–Trinajstić information content (AvgIpc) is 1.52. The molecule has 37 atom stereocenters. The molecule has 19 saturated heterocycles. The summed E-state index contributed by atoms with van der Waals surface area (Å²) in [4.78, 5) is 11.7. The van der Waals surface area contributed by atoms with Crippen molar-refractivity contribution in [3.8, 4) is 12.1 Å². The third-order valence-electron chi connectivity index (χ3n) is 26.6. The number of fused-ring (bicyclic) bond motifs is 7. The molecule has 0 amide bonds. The molecular weight excluding hydrogens is 1510 g/mol. The van der Waals surface area contributed by atoms with E-state index in [1.807, 2.05) is 39.8 Å². The van der Waals surface area contributed by atoms with Crippen LogP contribution in [0.15, 0.2) is 0 Å². The van der Waals surface area contributed by atoms with E-state index in [-0.39, 0.29) is 90.4 Å². The fourth-order valence-corrected chi connectivity index (χ4v) is 34.5. The van der Waals surface area contributed by atoms with Crippen molar-refractivity contribution in [2.45, 2.75) is 251 Å². The number of hydrogen-bond acceptors (Lipinski definition) is 30. The summed E-state index contributed by atoms with van der Waals surface area (Å²) in [6, 6.07) is 3.90. The van der Waals surface area contributed by atoms with Gasteiger partial charge in [0.25, 0.3) is 60.7 Å². The van der Waals surface area contributed by atoms with Gasteiger partial charge in [0, 0.05) is 54.8 Å². The molecule has 2 saturated carbocycles. The maximum atomic E-state index is 13.0. The highest BCUT2D eigenvalue weighted by atomic mass is 32.2. The van der Waals surface area contributed by atoms with Crippen molar-refractivity contribution in [3.63, 3.8) is 0 Å². The van der Waals surface area contributed by atoms with Crippen molar-refractivity contribution in [2.75, 3.05) is 12.9 Å². The Morgan fingerprint density at radius 2 is 0.950 bits per heavy atom. The summed E-state index contributed by atoms with van der Waals surface area (Å²) in [6.07, 6.45) is -16.6. The Hall–Kier alpha value is -2.80. The number of ether oxygens (including phenoxy) is 7. The van der Waals surface area contributed by atoms with Crippen LogP contribution in [0.1, 0.15) is 93.9 Å². The van der Waals surface area contributed by atoms with E-state index in [1.54, 1.807) is 13.8 Å². The SMILES string of the molecule is CC1C2CC3(C#N)C(O2)C1OS3(=O)=O.CC1C2CC3(C(F)(F)F)C(O2)C1OS3(=O)=O.CC1C2CC3(C)C(O2)C1OS3(=O)=O.CC1C2CC3C1CS(=O)(=O)C3C2.CC1C2OC3C1OS(=O)(=O)C3C2C#N.CC1C2OS(=O)(=O)C3C2OC1C3C(F)(F)F.COC(=O)C12CC3OC1C(OS2(=O)=O)C3C. The van der Waals surface area contributed by atoms with Crippen LogP contribution in [0.4, 0.5) is 26.3 Å². The number of carbonyl (C=O) groups is 1. The molecule has 37 unspecified atom stereocenters. The Morgan fingerprint density at radius 3 is 1.47 bits per heavy atom. The fourth-order valence-electron chi connectivity index (χ4n) is 20.9. The van der Waals surface area contributed by atoms with E-state index in [9.17, 15) is 90.1 Å². The van der Waals surface area contributed by atoms with Gasteiger partial charge >= 0.3 is 18.3 Å². The molecule has 0 radical (unpaired) electrons. The third kappa shape index (κ3) is 9.65. The lowest BCUT2D eigenvalue weighted by molar-refractivity contribution is -0.189. The lowest BCUT2D eigenvalue weighted by Crippen LogP contribution is -2.56. The van der Waals surface area contributed by atoms with Crippen molar-refractivity contribution >= 4 is 76.5 Å². The van der Waals surface area contributed by atoms with Gasteiger partial charge in [-0.1, -0.05) is 48.5 Å². The molecule has 0 aromatic heterocycles. The molecule has 0 aromatic rings. The first-order valence-electron chi connectivity index (χ1n) is 33.2. The zero-order chi connectivity index (χ0) is 73.7. The zero-order valence-electron chi connectivity index (χ0n) is 55.0. The van der Waals surface area contributed by atoms with Gasteiger partial charge in [-0.15, -0.1) is 0 Å². The van der Waals surface area contributed by atoms with Gasteiger partial charge in [-0.25, -0.2) is 8.42 Å². The van der Waals surface area contributed by atoms with Crippen LogP contribution in [0.2, 0.25) is 0 Å². The van der Waals surface area contributed by atoms with Crippen LogP contribution in [0.25, 0.3) is 0 Å². The third-order valence-corrected chi connectivity index (χ3v) is 40.2. The molecule has 568 valence electrons. The first-order valence-corrected chi connectivity index (χ1v) is 43.5. The minimum absolute atomic E-state index is 0.0000520. The van der Waals surface area contributed by atoms with E-state index < -0.39 is 210 Å². The molecule has 19 aliphatic heterocycles. The number of esters is 1. The standard InChI is InChI=1S/C9H12O6S.C9H14O2S.2C8H9F3O4S.2C8H9NO4S.C8H12O4S/c1-4-5-3-9(8(10)13-2)7(14-5)6(4)15-16(9,11)12;1-5-6-2-7-8(5)4-12(10,11)9(7)3-6;1-3-4-2-7(8(9,10)11)6(14-4)5(3)15-16(7,12)13;1-2-4-3(8(9,10)11)7-6(14-4)5(2)15-16(7,12)13;1-4-5-2-8(3-9)7(12-5)6(4)13-14(8,10)11;1-3-5-4(2-9)8-7(12-5)6(3)13-14(8,10)11;1-4-5-3-8(2)7(11-5)6(4)12-13(8,9)10/h4-7H,3H2,1-2H3;5-9H,2-4H2,1H3;3-6H,2H2,1H3;2-7H,1H3;4-7H,2H2,1H3;3-8H,1H3;4-7H,3H2,1-2H3. The lowest BCUT2D eigenvalue weighted by Gasteiger charge is -2.29. The second kappa shape index (κ2) is 22.7. The first-order chi connectivity index (χ1) is 46.5. The average molecular weight is 1590 g/mol. The lowest BCUT2D eigenvalue weighted by atomic mass is 9.80. The molecule has 0 spiro atoms. The van der Waals surface area contributed by atoms with Gasteiger partial charge in [0.05, 0.1) is 72.8 Å². The van der Waals surface area contributed by atoms with Crippen LogP contribution in [-0.2, 0) is 134 Å². The van der Waals surface area contributed by atoms with Crippen molar-refractivity contribution in [3.05, 3.63) is 0 Å². The summed E-state index contributed by atoms with van der Waals surface area (Å²) < 4.78 is 300. The number of sulfone groups is 1. The quantitative estimate of drug-likeness (QED) is 0.205. The molecule has 2 aliphatic carbocycles. The number of hydrogen-bond donors (Lipinski definition) is 0. The summed E-state index contributed by atoms with van der Waals surface area (Å²) in [5.41, 5.74) is 0. The highest BCUT2D eigenvalue weighted by Gasteiger charge is 2.84. The van der Waals surface area contributed by atoms with E-state index in [2.05, 4.69) is 15.8 Å². The van der Waals surface area contributed by atoms with Gasteiger partial charge in [-0.2, -0.15) is 87.4 Å². The van der Waals surface area contributed by atoms with Gasteiger partial charge in [0.15, 0.2) is 9.84 Å². The number of halogens is 6. The molecule has 30 nitrogen and oxygen atoms in total. The number of rotatable bonds is 1. The number of methoxy groups -OCH3 is 1. The number of alkyl halides is 6. The van der Waals surface area contributed by atoms with E-state index in [1.165, 1.54) is 20.5 Å². The molecule has 21 rings (SSSR count). The van der Waals surface area contributed by atoms with Gasteiger partial charge in [-0.05, 0) is 49.9 Å². The van der Waals surface area contributed by atoms with Crippen molar-refractivity contribution < 1.29 is 148 Å². The summed E-state index contributed by atoms with van der Waals surface area (Å²) >= 11 is 0. The maximum Gasteiger partial charge on any atom is 0.413 e. The normalized spacial score (nSPS) is 56.1. The second-order valence-corrected chi connectivity index (χ2v) is 44.4. The predicted octanol–water partition coefficient (Wildman–Crippen LogP) is 1.72. The molecule has 43 heteroatoms. The van der Waals surface area contributed by atoms with Crippen molar-refractivity contribution in [2.24, 2.45) is 71.0 Å². The van der Waals surface area contributed by atoms with Crippen molar-refractivity contribution in [1.82, 2.24) is 0 Å². The van der Waals surface area contributed by atoms with Crippen LogP contribution < -0.4 is 0 Å². The molecular formula is C58H74F6N2O28S7. The number of carbonyl (C=O) groups excluding carboxylic acids is 1.